The molecule has 0 aliphatic rings. The number of rotatable bonds is 7. The lowest BCUT2D eigenvalue weighted by Gasteiger charge is -2.20. The number of urea groups is 1. The summed E-state index contributed by atoms with van der Waals surface area (Å²) in [6.45, 7) is 3.61. The largest absolute Gasteiger partial charge is 0.368 e. The molecule has 7 nitrogen and oxygen atoms in total. The van der Waals surface area contributed by atoms with Crippen molar-refractivity contribution < 1.29 is 14.4 Å². The van der Waals surface area contributed by atoms with Gasteiger partial charge in [0, 0.05) is 10.2 Å². The molecule has 23 heavy (non-hydrogen) atoms. The van der Waals surface area contributed by atoms with Crippen LogP contribution < -0.4 is 21.7 Å². The van der Waals surface area contributed by atoms with E-state index in [0.717, 1.165) is 4.47 Å². The predicted octanol–water partition coefficient (Wildman–Crippen LogP) is 1.59. The van der Waals surface area contributed by atoms with Crippen LogP contribution in [0.25, 0.3) is 0 Å². The number of nitrogens with one attached hydrogen (secondary N) is 3. The number of hydrogen-bond donors (Lipinski definition) is 4. The molecular formula is C15H21BrN4O3. The van der Waals surface area contributed by atoms with Crippen LogP contribution in [0.4, 0.5) is 10.5 Å². The van der Waals surface area contributed by atoms with Gasteiger partial charge in [0.2, 0.25) is 11.8 Å². The smallest absolute Gasteiger partial charge is 0.319 e. The molecule has 0 unspecified atom stereocenters. The number of amides is 4. The Hall–Kier alpha value is -2.09. The van der Waals surface area contributed by atoms with Crippen molar-refractivity contribution in [2.45, 2.75) is 26.3 Å². The van der Waals surface area contributed by atoms with Crippen LogP contribution in [0.15, 0.2) is 28.7 Å². The van der Waals surface area contributed by atoms with Gasteiger partial charge in [-0.25, -0.2) is 4.79 Å². The van der Waals surface area contributed by atoms with Gasteiger partial charge in [0.15, 0.2) is 0 Å². The molecule has 5 N–H and O–H groups in total. The number of hydrogen-bond acceptors (Lipinski definition) is 3. The number of primary amides is 1. The van der Waals surface area contributed by atoms with E-state index < -0.39 is 23.9 Å². The molecule has 0 heterocycles. The van der Waals surface area contributed by atoms with Gasteiger partial charge in [0.05, 0.1) is 6.54 Å². The molecule has 0 fully saturated rings. The molecule has 0 aromatic heterocycles. The van der Waals surface area contributed by atoms with Gasteiger partial charge in [-0.1, -0.05) is 29.8 Å². The summed E-state index contributed by atoms with van der Waals surface area (Å²) in [7, 11) is 0. The van der Waals surface area contributed by atoms with Gasteiger partial charge in [-0.05, 0) is 36.6 Å². The molecule has 0 saturated heterocycles. The van der Waals surface area contributed by atoms with Crippen molar-refractivity contribution in [3.8, 4) is 0 Å². The standard InChI is InChI=1S/C15H21BrN4O3/c1-9(2)7-12(14(22)18-8-13(17)21)20-15(23)19-11-5-3-10(16)4-6-11/h3-6,9,12H,7-8H2,1-2H3,(H2,17,21)(H,18,22)(H2,19,20,23)/t12-/m0/s1. The minimum Gasteiger partial charge on any atom is -0.368 e. The van der Waals surface area contributed by atoms with E-state index in [1.165, 1.54) is 0 Å². The van der Waals surface area contributed by atoms with Crippen molar-refractivity contribution in [2.24, 2.45) is 11.7 Å². The van der Waals surface area contributed by atoms with E-state index in [1.807, 2.05) is 13.8 Å². The van der Waals surface area contributed by atoms with E-state index in [4.69, 9.17) is 5.73 Å². The molecule has 1 rings (SSSR count). The van der Waals surface area contributed by atoms with Gasteiger partial charge >= 0.3 is 6.03 Å². The Morgan fingerprint density at radius 2 is 1.78 bits per heavy atom. The Bertz CT molecular complexity index is 560. The van der Waals surface area contributed by atoms with Gasteiger partial charge in [0.1, 0.15) is 6.04 Å². The maximum Gasteiger partial charge on any atom is 0.319 e. The lowest BCUT2D eigenvalue weighted by atomic mass is 10.0. The second-order valence-electron chi connectivity index (χ2n) is 5.47. The van der Waals surface area contributed by atoms with Crippen LogP contribution in [0.3, 0.4) is 0 Å². The van der Waals surface area contributed by atoms with Crippen LogP contribution >= 0.6 is 15.9 Å². The molecule has 1 aromatic rings. The van der Waals surface area contributed by atoms with Crippen molar-refractivity contribution in [3.63, 3.8) is 0 Å². The van der Waals surface area contributed by atoms with Gasteiger partial charge in [0.25, 0.3) is 0 Å². The predicted molar refractivity (Wildman–Crippen MR) is 91.7 cm³/mol. The van der Waals surface area contributed by atoms with Crippen LogP contribution in [-0.4, -0.2) is 30.4 Å². The maximum absolute atomic E-state index is 12.0. The molecule has 0 saturated carbocycles. The van der Waals surface area contributed by atoms with Crippen LogP contribution in [0.5, 0.6) is 0 Å². The van der Waals surface area contributed by atoms with E-state index in [0.29, 0.717) is 12.1 Å². The van der Waals surface area contributed by atoms with Crippen molar-refractivity contribution >= 4 is 39.5 Å². The highest BCUT2D eigenvalue weighted by atomic mass is 79.9. The fourth-order valence-corrected chi connectivity index (χ4v) is 2.12. The van der Waals surface area contributed by atoms with Crippen molar-refractivity contribution in [1.82, 2.24) is 10.6 Å². The topological polar surface area (TPSA) is 113 Å². The van der Waals surface area contributed by atoms with E-state index in [9.17, 15) is 14.4 Å². The van der Waals surface area contributed by atoms with Gasteiger partial charge in [-0.15, -0.1) is 0 Å². The molecule has 1 atom stereocenters. The Balaban J connectivity index is 2.64. The molecule has 4 amide bonds. The zero-order chi connectivity index (χ0) is 17.4. The zero-order valence-corrected chi connectivity index (χ0v) is 14.6. The number of halogens is 1. The summed E-state index contributed by atoms with van der Waals surface area (Å²) in [5, 5.41) is 7.66. The summed E-state index contributed by atoms with van der Waals surface area (Å²) in [5.74, 6) is -0.892. The lowest BCUT2D eigenvalue weighted by Crippen LogP contribution is -2.50. The summed E-state index contributed by atoms with van der Waals surface area (Å²) in [5.41, 5.74) is 5.60. The van der Waals surface area contributed by atoms with Crippen molar-refractivity contribution in [1.29, 1.82) is 0 Å². The second-order valence-corrected chi connectivity index (χ2v) is 6.39. The Morgan fingerprint density at radius 3 is 2.30 bits per heavy atom. The molecule has 8 heteroatoms. The second kappa shape index (κ2) is 9.14. The lowest BCUT2D eigenvalue weighted by molar-refractivity contribution is -0.126. The molecule has 1 aromatic carbocycles. The third kappa shape index (κ3) is 7.64. The number of benzene rings is 1. The molecule has 0 radical (unpaired) electrons. The molecular weight excluding hydrogens is 364 g/mol. The molecule has 0 aliphatic carbocycles. The monoisotopic (exact) mass is 384 g/mol. The first kappa shape index (κ1) is 19.0. The summed E-state index contributed by atoms with van der Waals surface area (Å²) < 4.78 is 0.895. The number of nitrogens with two attached hydrogens (primary N) is 1. The normalized spacial score (nSPS) is 11.7. The fourth-order valence-electron chi connectivity index (χ4n) is 1.86. The average Bonchev–Trinajstić information content (AvgIpc) is 2.46. The third-order valence-corrected chi connectivity index (χ3v) is 3.40. The van der Waals surface area contributed by atoms with Gasteiger partial charge < -0.3 is 21.7 Å². The van der Waals surface area contributed by atoms with E-state index in [2.05, 4.69) is 31.9 Å². The van der Waals surface area contributed by atoms with Crippen LogP contribution in [0.2, 0.25) is 0 Å². The SMILES string of the molecule is CC(C)C[C@H](NC(=O)Nc1ccc(Br)cc1)C(=O)NCC(N)=O. The average molecular weight is 385 g/mol. The van der Waals surface area contributed by atoms with Crippen molar-refractivity contribution in [3.05, 3.63) is 28.7 Å². The van der Waals surface area contributed by atoms with Crippen LogP contribution in [0.1, 0.15) is 20.3 Å². The van der Waals surface area contributed by atoms with Crippen LogP contribution in [0, 0.1) is 5.92 Å². The molecule has 126 valence electrons. The quantitative estimate of drug-likeness (QED) is 0.572. The number of carbonyl (C=O) groups excluding carboxylic acids is 3. The van der Waals surface area contributed by atoms with E-state index in [1.54, 1.807) is 24.3 Å². The zero-order valence-electron chi connectivity index (χ0n) is 13.1. The summed E-state index contributed by atoms with van der Waals surface area (Å²) in [6, 6.07) is 5.81. The minimum absolute atomic E-state index is 0.187. The Kier molecular flexibility index (Phi) is 7.53. The number of carbonyl (C=O) groups is 3. The molecule has 0 spiro atoms. The molecule has 0 aliphatic heterocycles. The van der Waals surface area contributed by atoms with Crippen molar-refractivity contribution in [2.75, 3.05) is 11.9 Å². The van der Waals surface area contributed by atoms with Gasteiger partial charge in [-0.3, -0.25) is 9.59 Å². The summed E-state index contributed by atoms with van der Waals surface area (Å²) in [4.78, 5) is 34.8. The third-order valence-electron chi connectivity index (χ3n) is 2.87. The first-order chi connectivity index (χ1) is 10.8. The van der Waals surface area contributed by atoms with Crippen LogP contribution in [-0.2, 0) is 9.59 Å². The molecule has 0 bridgehead atoms. The minimum atomic E-state index is -0.746. The Labute approximate surface area is 143 Å². The maximum atomic E-state index is 12.0. The first-order valence-corrected chi connectivity index (χ1v) is 7.96. The fraction of sp³-hybridized carbons (Fsp3) is 0.400. The highest BCUT2D eigenvalue weighted by molar-refractivity contribution is 9.10. The van der Waals surface area contributed by atoms with Gasteiger partial charge in [-0.2, -0.15) is 0 Å². The van der Waals surface area contributed by atoms with E-state index in [-0.39, 0.29) is 12.5 Å². The first-order valence-electron chi connectivity index (χ1n) is 7.17. The highest BCUT2D eigenvalue weighted by Gasteiger charge is 2.22. The summed E-state index contributed by atoms with van der Waals surface area (Å²) in [6.07, 6.45) is 0.443. The Morgan fingerprint density at radius 1 is 1.17 bits per heavy atom. The van der Waals surface area contributed by atoms with E-state index >= 15 is 0 Å². The summed E-state index contributed by atoms with van der Waals surface area (Å²) >= 11 is 3.31. The number of anilines is 1. The highest BCUT2D eigenvalue weighted by Crippen LogP contribution is 2.14.